The number of hydrogen-bond donors (Lipinski definition) is 2. The highest BCUT2D eigenvalue weighted by molar-refractivity contribution is 9.10. The molecule has 1 aliphatic carbocycles. The van der Waals surface area contributed by atoms with Crippen molar-refractivity contribution in [2.45, 2.75) is 38.3 Å². The minimum Gasteiger partial charge on any atom is -0.493 e. The molecule has 0 unspecified atom stereocenters. The molecule has 5 heteroatoms. The van der Waals surface area contributed by atoms with Gasteiger partial charge in [-0.2, -0.15) is 0 Å². The Bertz CT molecular complexity index is 515. The molecule has 0 aromatic heterocycles. The van der Waals surface area contributed by atoms with Crippen molar-refractivity contribution in [1.29, 1.82) is 0 Å². The van der Waals surface area contributed by atoms with Crippen molar-refractivity contribution < 1.29 is 9.53 Å². The van der Waals surface area contributed by atoms with Gasteiger partial charge in [-0.05, 0) is 30.5 Å². The van der Waals surface area contributed by atoms with E-state index in [0.29, 0.717) is 19.0 Å². The van der Waals surface area contributed by atoms with E-state index in [-0.39, 0.29) is 5.91 Å². The summed E-state index contributed by atoms with van der Waals surface area (Å²) in [6.07, 6.45) is 3.99. The Morgan fingerprint density at radius 1 is 1.40 bits per heavy atom. The molecule has 4 nitrogen and oxygen atoms in total. The number of amides is 1. The van der Waals surface area contributed by atoms with Crippen molar-refractivity contribution in [3.05, 3.63) is 27.7 Å². The Hall–Kier alpha value is -1.07. The van der Waals surface area contributed by atoms with E-state index in [9.17, 15) is 4.79 Å². The first-order valence-electron chi connectivity index (χ1n) is 7.16. The molecule has 0 spiro atoms. The fraction of sp³-hybridized carbons (Fsp3) is 0.533. The highest BCUT2D eigenvalue weighted by Crippen LogP contribution is 2.32. The molecule has 1 aromatic rings. The minimum absolute atomic E-state index is 0.0878. The van der Waals surface area contributed by atoms with Crippen LogP contribution >= 0.6 is 15.9 Å². The smallest absolute Gasteiger partial charge is 0.221 e. The van der Waals surface area contributed by atoms with Crippen LogP contribution in [0.2, 0.25) is 0 Å². The third-order valence-corrected chi connectivity index (χ3v) is 4.12. The summed E-state index contributed by atoms with van der Waals surface area (Å²) in [5.41, 5.74) is 2.27. The van der Waals surface area contributed by atoms with E-state index in [0.717, 1.165) is 35.4 Å². The number of fused-ring (bicyclic) bond motifs is 1. The Kier molecular flexibility index (Phi) is 4.27. The molecule has 1 saturated carbocycles. The molecular formula is C15H19BrN2O2. The molecule has 0 saturated heterocycles. The summed E-state index contributed by atoms with van der Waals surface area (Å²) in [6.45, 7) is 2.03. The fourth-order valence-electron chi connectivity index (χ4n) is 2.44. The lowest BCUT2D eigenvalue weighted by molar-refractivity contribution is -0.121. The quantitative estimate of drug-likeness (QED) is 0.835. The Labute approximate surface area is 127 Å². The molecule has 0 atom stereocenters. The van der Waals surface area contributed by atoms with Crippen molar-refractivity contribution in [2.75, 3.05) is 13.2 Å². The van der Waals surface area contributed by atoms with Crippen LogP contribution in [-0.4, -0.2) is 25.1 Å². The largest absolute Gasteiger partial charge is 0.493 e. The van der Waals surface area contributed by atoms with Gasteiger partial charge in [0, 0.05) is 42.0 Å². The average Bonchev–Trinajstić information content (AvgIpc) is 3.12. The third kappa shape index (κ3) is 3.52. The molecular weight excluding hydrogens is 320 g/mol. The number of rotatable bonds is 6. The second-order valence-corrected chi connectivity index (χ2v) is 6.32. The van der Waals surface area contributed by atoms with Gasteiger partial charge in [-0.1, -0.05) is 15.9 Å². The lowest BCUT2D eigenvalue weighted by Crippen LogP contribution is -2.28. The van der Waals surface area contributed by atoms with Crippen LogP contribution in [0.15, 0.2) is 16.6 Å². The van der Waals surface area contributed by atoms with E-state index in [2.05, 4.69) is 32.6 Å². The van der Waals surface area contributed by atoms with Gasteiger partial charge in [-0.25, -0.2) is 0 Å². The summed E-state index contributed by atoms with van der Waals surface area (Å²) < 4.78 is 6.70. The topological polar surface area (TPSA) is 50.4 Å². The van der Waals surface area contributed by atoms with Gasteiger partial charge in [0.05, 0.1) is 6.61 Å². The van der Waals surface area contributed by atoms with Crippen molar-refractivity contribution in [3.8, 4) is 5.75 Å². The number of nitrogens with one attached hydrogen (secondary N) is 2. The van der Waals surface area contributed by atoms with Crippen LogP contribution in [0.25, 0.3) is 0 Å². The van der Waals surface area contributed by atoms with Crippen LogP contribution < -0.4 is 15.4 Å². The van der Waals surface area contributed by atoms with Crippen molar-refractivity contribution in [2.24, 2.45) is 0 Å². The Morgan fingerprint density at radius 2 is 2.25 bits per heavy atom. The van der Waals surface area contributed by atoms with E-state index in [1.807, 2.05) is 6.07 Å². The predicted octanol–water partition coefficient (Wildman–Crippen LogP) is 2.14. The molecule has 108 valence electrons. The summed E-state index contributed by atoms with van der Waals surface area (Å²) >= 11 is 3.51. The number of hydrogen-bond acceptors (Lipinski definition) is 3. The second-order valence-electron chi connectivity index (χ2n) is 5.41. The van der Waals surface area contributed by atoms with E-state index in [1.165, 1.54) is 18.4 Å². The van der Waals surface area contributed by atoms with Crippen LogP contribution in [-0.2, 0) is 17.8 Å². The molecule has 20 heavy (non-hydrogen) atoms. The first-order chi connectivity index (χ1) is 9.72. The zero-order chi connectivity index (χ0) is 13.9. The van der Waals surface area contributed by atoms with E-state index in [1.54, 1.807) is 0 Å². The van der Waals surface area contributed by atoms with Gasteiger partial charge in [-0.15, -0.1) is 0 Å². The van der Waals surface area contributed by atoms with E-state index >= 15 is 0 Å². The molecule has 3 rings (SSSR count). The summed E-state index contributed by atoms with van der Waals surface area (Å²) in [7, 11) is 0. The van der Waals surface area contributed by atoms with Crippen LogP contribution in [0.3, 0.4) is 0 Å². The van der Waals surface area contributed by atoms with Crippen LogP contribution in [0, 0.1) is 0 Å². The molecule has 1 aromatic carbocycles. The number of carbonyl (C=O) groups is 1. The van der Waals surface area contributed by atoms with Crippen molar-refractivity contribution >= 4 is 21.8 Å². The molecule has 1 aliphatic heterocycles. The van der Waals surface area contributed by atoms with Gasteiger partial charge in [0.25, 0.3) is 0 Å². The molecule has 2 N–H and O–H groups in total. The number of ether oxygens (including phenoxy) is 1. The first kappa shape index (κ1) is 13.9. The second kappa shape index (κ2) is 6.14. The predicted molar refractivity (Wildman–Crippen MR) is 80.8 cm³/mol. The Balaban J connectivity index is 1.51. The molecule has 1 amide bonds. The lowest BCUT2D eigenvalue weighted by Gasteiger charge is -2.10. The Morgan fingerprint density at radius 3 is 3.05 bits per heavy atom. The van der Waals surface area contributed by atoms with Gasteiger partial charge in [-0.3, -0.25) is 4.79 Å². The number of benzene rings is 1. The summed E-state index contributed by atoms with van der Waals surface area (Å²) in [5.74, 6) is 1.04. The SMILES string of the molecule is O=C(CCNC1CC1)NCc1cc(Br)cc2c1OCC2. The standard InChI is InChI=1S/C15H19BrN2O2/c16-12-7-10-4-6-20-15(10)11(8-12)9-18-14(19)3-5-17-13-1-2-13/h7-8,13,17H,1-6,9H2,(H,18,19). The number of carbonyl (C=O) groups excluding carboxylic acids is 1. The summed E-state index contributed by atoms with van der Waals surface area (Å²) in [6, 6.07) is 4.77. The molecule has 0 radical (unpaired) electrons. The fourth-order valence-corrected chi connectivity index (χ4v) is 2.99. The molecule has 0 bridgehead atoms. The number of halogens is 1. The monoisotopic (exact) mass is 338 g/mol. The van der Waals surface area contributed by atoms with Gasteiger partial charge in [0.1, 0.15) is 5.75 Å². The molecule has 1 fully saturated rings. The molecule has 2 aliphatic rings. The zero-order valence-corrected chi connectivity index (χ0v) is 13.0. The normalized spacial score (nSPS) is 16.6. The van der Waals surface area contributed by atoms with Crippen LogP contribution in [0.5, 0.6) is 5.75 Å². The van der Waals surface area contributed by atoms with E-state index < -0.39 is 0 Å². The average molecular weight is 339 g/mol. The lowest BCUT2D eigenvalue weighted by atomic mass is 10.1. The van der Waals surface area contributed by atoms with Crippen molar-refractivity contribution in [1.82, 2.24) is 10.6 Å². The zero-order valence-electron chi connectivity index (χ0n) is 11.4. The van der Waals surface area contributed by atoms with Gasteiger partial charge in [0.15, 0.2) is 0 Å². The maximum absolute atomic E-state index is 11.8. The first-order valence-corrected chi connectivity index (χ1v) is 7.96. The summed E-state index contributed by atoms with van der Waals surface area (Å²) in [5, 5.41) is 6.31. The van der Waals surface area contributed by atoms with Gasteiger partial charge >= 0.3 is 0 Å². The summed E-state index contributed by atoms with van der Waals surface area (Å²) in [4.78, 5) is 11.8. The molecule has 1 heterocycles. The highest BCUT2D eigenvalue weighted by atomic mass is 79.9. The maximum Gasteiger partial charge on any atom is 0.221 e. The highest BCUT2D eigenvalue weighted by Gasteiger charge is 2.20. The minimum atomic E-state index is 0.0878. The van der Waals surface area contributed by atoms with Crippen LogP contribution in [0.1, 0.15) is 30.4 Å². The third-order valence-electron chi connectivity index (χ3n) is 3.66. The van der Waals surface area contributed by atoms with Crippen molar-refractivity contribution in [3.63, 3.8) is 0 Å². The van der Waals surface area contributed by atoms with E-state index in [4.69, 9.17) is 4.74 Å². The maximum atomic E-state index is 11.8. The van der Waals surface area contributed by atoms with Crippen LogP contribution in [0.4, 0.5) is 0 Å². The van der Waals surface area contributed by atoms with Gasteiger partial charge in [0.2, 0.25) is 5.91 Å². The van der Waals surface area contributed by atoms with Gasteiger partial charge < -0.3 is 15.4 Å².